The number of amides is 5. The molecular weight excluding hydrogens is 705 g/mol. The van der Waals surface area contributed by atoms with Gasteiger partial charge in [0.25, 0.3) is 15.9 Å². The molecule has 6 atom stereocenters. The number of Topliss-reactive ketones (excluding diaryl/α,β-unsaturated/α-hetero) is 1. The molecule has 5 amide bonds. The van der Waals surface area contributed by atoms with Gasteiger partial charge in [0.1, 0.15) is 16.3 Å². The van der Waals surface area contributed by atoms with Crippen molar-refractivity contribution in [3.8, 4) is 0 Å². The zero-order valence-corrected chi connectivity index (χ0v) is 32.9. The fourth-order valence-electron chi connectivity index (χ4n) is 8.05. The van der Waals surface area contributed by atoms with Crippen molar-refractivity contribution >= 4 is 50.9 Å². The second kappa shape index (κ2) is 15.6. The topological polar surface area (TPSA) is 174 Å². The quantitative estimate of drug-likeness (QED) is 0.148. The summed E-state index contributed by atoms with van der Waals surface area (Å²) in [6, 6.07) is -0.732. The monoisotopic (exact) mass is 760 g/mol. The minimum atomic E-state index is -3.76. The van der Waals surface area contributed by atoms with Crippen LogP contribution in [0.4, 0.5) is 4.79 Å². The van der Waals surface area contributed by atoms with E-state index in [1.807, 2.05) is 20.8 Å². The molecule has 288 valence electrons. The van der Waals surface area contributed by atoms with Crippen molar-refractivity contribution < 1.29 is 32.4 Å². The SMILES string of the molecule is C=CCNC(=O)C(=O)C(CC1CC1)NC(=O)[C@@H]1[C@@H]2[C@H](CN1C(=O)[C@@H](NC(=O)N[C@H](CN(C)S(=O)(=O)c1cccs1)C(C)(C)C)C1CCCC1)C2(C)C. The number of nitrogens with zero attached hydrogens (tertiary/aromatic N) is 2. The molecule has 1 unspecified atom stereocenters. The van der Waals surface area contributed by atoms with Gasteiger partial charge in [0.05, 0.1) is 6.04 Å². The molecule has 4 N–H and O–H groups in total. The van der Waals surface area contributed by atoms with Gasteiger partial charge in [-0.2, -0.15) is 4.31 Å². The second-order valence-corrected chi connectivity index (χ2v) is 20.0. The number of sulfonamides is 1. The summed E-state index contributed by atoms with van der Waals surface area (Å²) in [5.74, 6) is -2.25. The number of hydrogen-bond donors (Lipinski definition) is 4. The molecule has 13 nitrogen and oxygen atoms in total. The molecule has 1 aliphatic heterocycles. The lowest BCUT2D eigenvalue weighted by molar-refractivity contribution is -0.144. The van der Waals surface area contributed by atoms with Gasteiger partial charge in [-0.15, -0.1) is 17.9 Å². The van der Waals surface area contributed by atoms with E-state index >= 15 is 0 Å². The molecule has 5 rings (SSSR count). The summed E-state index contributed by atoms with van der Waals surface area (Å²) in [6.45, 7) is 13.9. The lowest BCUT2D eigenvalue weighted by Gasteiger charge is -2.37. The third kappa shape index (κ3) is 8.73. The molecular formula is C37H56N6O7S2. The minimum absolute atomic E-state index is 0.0123. The van der Waals surface area contributed by atoms with Gasteiger partial charge in [0.15, 0.2) is 0 Å². The van der Waals surface area contributed by atoms with E-state index in [0.29, 0.717) is 13.0 Å². The van der Waals surface area contributed by atoms with Crippen LogP contribution in [0.2, 0.25) is 0 Å². The molecule has 1 saturated heterocycles. The van der Waals surface area contributed by atoms with Crippen LogP contribution in [-0.2, 0) is 29.2 Å². The Morgan fingerprint density at radius 3 is 2.33 bits per heavy atom. The highest BCUT2D eigenvalue weighted by Gasteiger charge is 2.70. The maximum Gasteiger partial charge on any atom is 0.315 e. The fourth-order valence-corrected chi connectivity index (χ4v) is 10.4. The first kappa shape index (κ1) is 39.9. The van der Waals surface area contributed by atoms with E-state index in [1.165, 1.54) is 17.4 Å². The van der Waals surface area contributed by atoms with Crippen molar-refractivity contribution in [2.75, 3.05) is 26.7 Å². The first-order chi connectivity index (χ1) is 24.4. The normalized spacial score (nSPS) is 24.4. The van der Waals surface area contributed by atoms with E-state index in [9.17, 15) is 32.4 Å². The smallest absolute Gasteiger partial charge is 0.315 e. The van der Waals surface area contributed by atoms with Crippen LogP contribution in [0, 0.1) is 34.5 Å². The van der Waals surface area contributed by atoms with Crippen molar-refractivity contribution in [3.05, 3.63) is 30.2 Å². The third-order valence-electron chi connectivity index (χ3n) is 11.7. The van der Waals surface area contributed by atoms with Gasteiger partial charge in [-0.1, -0.05) is 72.4 Å². The zero-order chi connectivity index (χ0) is 38.2. The van der Waals surface area contributed by atoms with E-state index in [0.717, 1.165) is 49.9 Å². The summed E-state index contributed by atoms with van der Waals surface area (Å²) in [4.78, 5) is 70.0. The highest BCUT2D eigenvalue weighted by atomic mass is 32.2. The molecule has 4 aliphatic rings. The highest BCUT2D eigenvalue weighted by molar-refractivity contribution is 7.91. The fraction of sp³-hybridized carbons (Fsp3) is 0.703. The van der Waals surface area contributed by atoms with E-state index in [2.05, 4.69) is 41.7 Å². The molecule has 15 heteroatoms. The number of carbonyl (C=O) groups excluding carboxylic acids is 5. The summed E-state index contributed by atoms with van der Waals surface area (Å²) >= 11 is 1.13. The molecule has 52 heavy (non-hydrogen) atoms. The number of likely N-dealkylation sites (tertiary alicyclic amines) is 1. The molecule has 0 radical (unpaired) electrons. The molecule has 3 saturated carbocycles. The Morgan fingerprint density at radius 1 is 1.08 bits per heavy atom. The summed E-state index contributed by atoms with van der Waals surface area (Å²) < 4.78 is 27.9. The molecule has 1 aromatic rings. The second-order valence-electron chi connectivity index (χ2n) is 16.8. The number of nitrogens with one attached hydrogen (secondary N) is 4. The van der Waals surface area contributed by atoms with E-state index in [4.69, 9.17) is 0 Å². The molecule has 2 heterocycles. The van der Waals surface area contributed by atoms with Gasteiger partial charge in [-0.05, 0) is 65.2 Å². The Balaban J connectivity index is 1.33. The Hall–Kier alpha value is -3.30. The Morgan fingerprint density at radius 2 is 1.75 bits per heavy atom. The highest BCUT2D eigenvalue weighted by Crippen LogP contribution is 2.65. The average Bonchev–Trinajstić information content (AvgIpc) is 3.62. The van der Waals surface area contributed by atoms with Crippen molar-refractivity contribution in [2.24, 2.45) is 34.5 Å². The van der Waals surface area contributed by atoms with E-state index < -0.39 is 63.2 Å². The summed E-state index contributed by atoms with van der Waals surface area (Å²) in [7, 11) is -2.28. The molecule has 3 aliphatic carbocycles. The standard InChI is InChI=1S/C37H56N6O7S2/c1-8-17-38-33(46)31(44)25(19-22-15-16-22)39-32(45)30-28-24(37(28,5)6)20-43(30)34(47)29(23-12-9-10-13-23)41-35(48)40-26(36(2,3)4)21-42(7)52(49,50)27-14-11-18-51-27/h8,11,14,18,22-26,28-30H,1,9-10,12-13,15-17,19-21H2,2-7H3,(H,38,46)(H,39,45)(H2,40,41,48)/t24-,25?,26+,28-,29-,30-/m0/s1. The van der Waals surface area contributed by atoms with Crippen LogP contribution >= 0.6 is 11.3 Å². The number of likely N-dealkylation sites (N-methyl/N-ethyl adjacent to an activating group) is 1. The Bertz CT molecular complexity index is 1630. The van der Waals surface area contributed by atoms with Gasteiger partial charge < -0.3 is 26.2 Å². The molecule has 1 aromatic heterocycles. The number of rotatable bonds is 16. The Kier molecular flexibility index (Phi) is 12.0. The number of urea groups is 1. The molecule has 4 fully saturated rings. The lowest BCUT2D eigenvalue weighted by Crippen LogP contribution is -2.61. The molecule has 0 bridgehead atoms. The maximum absolute atomic E-state index is 14.6. The predicted octanol–water partition coefficient (Wildman–Crippen LogP) is 3.28. The first-order valence-electron chi connectivity index (χ1n) is 18.5. The number of hydrogen-bond acceptors (Lipinski definition) is 8. The minimum Gasteiger partial charge on any atom is -0.346 e. The zero-order valence-electron chi connectivity index (χ0n) is 31.3. The molecule has 0 aromatic carbocycles. The van der Waals surface area contributed by atoms with E-state index in [1.54, 1.807) is 22.4 Å². The number of carbonyl (C=O) groups is 5. The van der Waals surface area contributed by atoms with E-state index in [-0.39, 0.29) is 52.3 Å². The number of fused-ring (bicyclic) bond motifs is 1. The van der Waals surface area contributed by atoms with Gasteiger partial charge in [-0.25, -0.2) is 13.2 Å². The number of thiophene rings is 1. The van der Waals surface area contributed by atoms with Crippen LogP contribution in [0.5, 0.6) is 0 Å². The largest absolute Gasteiger partial charge is 0.346 e. The van der Waals surface area contributed by atoms with Crippen molar-refractivity contribution in [2.45, 2.75) is 108 Å². The first-order valence-corrected chi connectivity index (χ1v) is 20.8. The Labute approximate surface area is 312 Å². The van der Waals surface area contributed by atoms with Crippen molar-refractivity contribution in [1.29, 1.82) is 0 Å². The maximum atomic E-state index is 14.6. The van der Waals surface area contributed by atoms with Gasteiger partial charge >= 0.3 is 6.03 Å². The van der Waals surface area contributed by atoms with Crippen LogP contribution in [-0.4, -0.2) is 98.0 Å². The average molecular weight is 761 g/mol. The summed E-state index contributed by atoms with van der Waals surface area (Å²) in [6.07, 6.45) is 6.98. The van der Waals surface area contributed by atoms with Crippen molar-refractivity contribution in [3.63, 3.8) is 0 Å². The lowest BCUT2D eigenvalue weighted by atomic mass is 9.86. The van der Waals surface area contributed by atoms with Crippen LogP contribution in [0.1, 0.15) is 79.6 Å². The summed E-state index contributed by atoms with van der Waals surface area (Å²) in [5.41, 5.74) is -0.732. The van der Waals surface area contributed by atoms with Crippen LogP contribution in [0.3, 0.4) is 0 Å². The predicted molar refractivity (Wildman–Crippen MR) is 199 cm³/mol. The van der Waals surface area contributed by atoms with Gasteiger partial charge in [0.2, 0.25) is 17.6 Å². The number of ketones is 1. The van der Waals surface area contributed by atoms with Gasteiger partial charge in [0, 0.05) is 32.7 Å². The number of piperidine rings is 1. The van der Waals surface area contributed by atoms with Crippen molar-refractivity contribution in [1.82, 2.24) is 30.5 Å². The molecule has 0 spiro atoms. The summed E-state index contributed by atoms with van der Waals surface area (Å²) in [5, 5.41) is 13.0. The van der Waals surface area contributed by atoms with Crippen LogP contribution < -0.4 is 21.3 Å². The van der Waals surface area contributed by atoms with Crippen LogP contribution in [0.15, 0.2) is 34.4 Å². The van der Waals surface area contributed by atoms with Crippen LogP contribution in [0.25, 0.3) is 0 Å². The van der Waals surface area contributed by atoms with Gasteiger partial charge in [-0.3, -0.25) is 19.2 Å². The third-order valence-corrected chi connectivity index (χ3v) is 14.9.